The largest absolute Gasteiger partial charge is 0.394 e. The van der Waals surface area contributed by atoms with Crippen molar-refractivity contribution < 1.29 is 25.2 Å². The zero-order valence-corrected chi connectivity index (χ0v) is 28.6. The minimum atomic E-state index is -1.27. The average Bonchev–Trinajstić information content (AvgIpc) is 2.99. The second kappa shape index (κ2) is 31.0. The smallest absolute Gasteiger partial charge is 0.249 e. The Hall–Kier alpha value is -0.950. The summed E-state index contributed by atoms with van der Waals surface area (Å²) in [5.74, 6) is 0.228. The number of carbonyl (C=O) groups is 1. The number of aliphatic hydroxyl groups excluding tert-OH is 4. The van der Waals surface area contributed by atoms with Crippen LogP contribution in [0.4, 0.5) is 0 Å². The van der Waals surface area contributed by atoms with Crippen molar-refractivity contribution in [2.75, 3.05) is 6.61 Å². The van der Waals surface area contributed by atoms with E-state index in [2.05, 4.69) is 38.2 Å². The predicted molar refractivity (Wildman–Crippen MR) is 182 cm³/mol. The van der Waals surface area contributed by atoms with Crippen molar-refractivity contribution in [1.29, 1.82) is 0 Å². The number of nitrogens with one attached hydrogen (secondary N) is 1. The van der Waals surface area contributed by atoms with Gasteiger partial charge in [0.1, 0.15) is 12.2 Å². The van der Waals surface area contributed by atoms with Crippen molar-refractivity contribution in [3.8, 4) is 0 Å². The number of rotatable bonds is 32. The summed E-state index contributed by atoms with van der Waals surface area (Å²) in [6, 6.07) is -0.991. The van der Waals surface area contributed by atoms with Crippen LogP contribution in [0.25, 0.3) is 0 Å². The molecule has 0 aromatic carbocycles. The standard InChI is InChI=1S/C37H73NO5/c1-4-5-6-7-8-9-10-14-18-21-24-27-30-35(41)37(43)38-33(31-39)36(42)34(40)29-26-23-20-17-15-12-11-13-16-19-22-25-28-32(2)3/h15,17,32-36,39-42H,4-14,16,18-31H2,1-3H3,(H,38,43)/b17-15-/t33-,34+,35+,36-/m0/s1. The van der Waals surface area contributed by atoms with Crippen molar-refractivity contribution >= 4 is 5.91 Å². The molecule has 0 saturated heterocycles. The first-order valence-corrected chi connectivity index (χ1v) is 18.4. The van der Waals surface area contributed by atoms with E-state index in [1.54, 1.807) is 0 Å². The molecule has 43 heavy (non-hydrogen) atoms. The maximum Gasteiger partial charge on any atom is 0.249 e. The van der Waals surface area contributed by atoms with E-state index in [0.717, 1.165) is 50.9 Å². The van der Waals surface area contributed by atoms with Crippen LogP contribution < -0.4 is 5.32 Å². The second-order valence-corrected chi connectivity index (χ2v) is 13.4. The number of hydrogen-bond donors (Lipinski definition) is 5. The molecule has 4 atom stereocenters. The molecule has 0 aliphatic heterocycles. The summed E-state index contributed by atoms with van der Waals surface area (Å²) < 4.78 is 0. The van der Waals surface area contributed by atoms with E-state index >= 15 is 0 Å². The van der Waals surface area contributed by atoms with Crippen LogP contribution in [0.1, 0.15) is 181 Å². The maximum absolute atomic E-state index is 12.4. The van der Waals surface area contributed by atoms with Crippen LogP contribution in [-0.4, -0.2) is 57.3 Å². The van der Waals surface area contributed by atoms with Crippen molar-refractivity contribution in [2.45, 2.75) is 206 Å². The lowest BCUT2D eigenvalue weighted by atomic mass is 9.99. The molecule has 0 radical (unpaired) electrons. The van der Waals surface area contributed by atoms with E-state index < -0.39 is 36.9 Å². The fourth-order valence-corrected chi connectivity index (χ4v) is 5.64. The fourth-order valence-electron chi connectivity index (χ4n) is 5.64. The average molecular weight is 612 g/mol. The number of unbranched alkanes of at least 4 members (excludes halogenated alkanes) is 19. The Morgan fingerprint density at radius 2 is 1.02 bits per heavy atom. The maximum atomic E-state index is 12.4. The lowest BCUT2D eigenvalue weighted by Crippen LogP contribution is -2.53. The molecule has 0 aromatic rings. The van der Waals surface area contributed by atoms with Crippen molar-refractivity contribution in [3.63, 3.8) is 0 Å². The van der Waals surface area contributed by atoms with Gasteiger partial charge in [-0.25, -0.2) is 0 Å². The summed E-state index contributed by atoms with van der Waals surface area (Å²) in [6.07, 6.45) is 29.5. The molecule has 0 unspecified atom stereocenters. The topological polar surface area (TPSA) is 110 Å². The van der Waals surface area contributed by atoms with Gasteiger partial charge in [-0.2, -0.15) is 0 Å². The summed E-state index contributed by atoms with van der Waals surface area (Å²) in [7, 11) is 0. The molecule has 256 valence electrons. The van der Waals surface area contributed by atoms with Crippen molar-refractivity contribution in [1.82, 2.24) is 5.32 Å². The first-order valence-electron chi connectivity index (χ1n) is 18.4. The van der Waals surface area contributed by atoms with Crippen LogP contribution in [-0.2, 0) is 4.79 Å². The van der Waals surface area contributed by atoms with E-state index in [4.69, 9.17) is 0 Å². The van der Waals surface area contributed by atoms with Gasteiger partial charge in [-0.15, -0.1) is 0 Å². The Kier molecular flexibility index (Phi) is 30.4. The van der Waals surface area contributed by atoms with Crippen LogP contribution in [0.15, 0.2) is 12.2 Å². The summed E-state index contributed by atoms with van der Waals surface area (Å²) in [5.41, 5.74) is 0. The third-order valence-electron chi connectivity index (χ3n) is 8.65. The number of amides is 1. The Bertz CT molecular complexity index is 626. The zero-order valence-electron chi connectivity index (χ0n) is 28.6. The zero-order chi connectivity index (χ0) is 32.0. The highest BCUT2D eigenvalue weighted by Gasteiger charge is 2.28. The number of aliphatic hydroxyl groups is 4. The minimum Gasteiger partial charge on any atom is -0.394 e. The molecule has 0 spiro atoms. The molecule has 0 rings (SSSR count). The van der Waals surface area contributed by atoms with Gasteiger partial charge in [-0.3, -0.25) is 4.79 Å². The fraction of sp³-hybridized carbons (Fsp3) is 0.919. The molecule has 0 bridgehead atoms. The van der Waals surface area contributed by atoms with Gasteiger partial charge in [0.15, 0.2) is 0 Å². The third kappa shape index (κ3) is 27.1. The van der Waals surface area contributed by atoms with Crippen molar-refractivity contribution in [3.05, 3.63) is 12.2 Å². The van der Waals surface area contributed by atoms with E-state index in [-0.39, 0.29) is 0 Å². The van der Waals surface area contributed by atoms with Crippen LogP contribution in [0.3, 0.4) is 0 Å². The highest BCUT2D eigenvalue weighted by molar-refractivity contribution is 5.80. The molecule has 0 heterocycles. The molecule has 0 fully saturated rings. The lowest BCUT2D eigenvalue weighted by Gasteiger charge is -2.27. The highest BCUT2D eigenvalue weighted by atomic mass is 16.3. The normalized spacial score (nSPS) is 14.8. The number of carbonyl (C=O) groups excluding carboxylic acids is 1. The molecular weight excluding hydrogens is 538 g/mol. The van der Waals surface area contributed by atoms with E-state index in [9.17, 15) is 25.2 Å². The predicted octanol–water partition coefficient (Wildman–Crippen LogP) is 8.53. The molecular formula is C37H73NO5. The molecule has 6 heteroatoms. The Morgan fingerprint density at radius 1 is 0.605 bits per heavy atom. The second-order valence-electron chi connectivity index (χ2n) is 13.4. The summed E-state index contributed by atoms with van der Waals surface area (Å²) in [4.78, 5) is 12.4. The van der Waals surface area contributed by atoms with Crippen LogP contribution in [0, 0.1) is 5.92 Å². The third-order valence-corrected chi connectivity index (χ3v) is 8.65. The van der Waals surface area contributed by atoms with Gasteiger partial charge in [0.25, 0.3) is 0 Å². The minimum absolute atomic E-state index is 0.367. The SMILES string of the molecule is CCCCCCCCCCCCCC[C@@H](O)C(=O)N[C@@H](CO)[C@H](O)[C@H](O)CCCC/C=C\CCCCCCCCC(C)C. The van der Waals surface area contributed by atoms with Gasteiger partial charge < -0.3 is 25.7 Å². The molecule has 6 nitrogen and oxygen atoms in total. The number of allylic oxidation sites excluding steroid dienone is 2. The first-order chi connectivity index (χ1) is 20.8. The quantitative estimate of drug-likeness (QED) is 0.0387. The monoisotopic (exact) mass is 612 g/mol. The van der Waals surface area contributed by atoms with Crippen LogP contribution >= 0.6 is 0 Å². The van der Waals surface area contributed by atoms with Gasteiger partial charge >= 0.3 is 0 Å². The van der Waals surface area contributed by atoms with Crippen LogP contribution in [0.5, 0.6) is 0 Å². The Labute approximate surface area is 266 Å². The van der Waals surface area contributed by atoms with E-state index in [1.807, 2.05) is 0 Å². The van der Waals surface area contributed by atoms with E-state index in [1.165, 1.54) is 103 Å². The molecule has 0 aromatic heterocycles. The van der Waals surface area contributed by atoms with E-state index in [0.29, 0.717) is 12.8 Å². The van der Waals surface area contributed by atoms with Gasteiger partial charge in [0.2, 0.25) is 5.91 Å². The van der Waals surface area contributed by atoms with Gasteiger partial charge in [-0.1, -0.05) is 155 Å². The first kappa shape index (κ1) is 42.0. The molecule has 1 amide bonds. The highest BCUT2D eigenvalue weighted by Crippen LogP contribution is 2.15. The molecule has 0 aliphatic carbocycles. The summed E-state index contributed by atoms with van der Waals surface area (Å²) in [6.45, 7) is 6.34. The Balaban J connectivity index is 3.86. The molecule has 0 aliphatic rings. The van der Waals surface area contributed by atoms with Gasteiger partial charge in [0.05, 0.1) is 18.8 Å². The summed E-state index contributed by atoms with van der Waals surface area (Å²) in [5, 5.41) is 43.4. The number of hydrogen-bond acceptors (Lipinski definition) is 5. The Morgan fingerprint density at radius 3 is 1.51 bits per heavy atom. The van der Waals surface area contributed by atoms with Crippen LogP contribution in [0.2, 0.25) is 0 Å². The lowest BCUT2D eigenvalue weighted by molar-refractivity contribution is -0.132. The van der Waals surface area contributed by atoms with Gasteiger partial charge in [0, 0.05) is 0 Å². The summed E-state index contributed by atoms with van der Waals surface area (Å²) >= 11 is 0. The van der Waals surface area contributed by atoms with Crippen molar-refractivity contribution in [2.24, 2.45) is 5.92 Å². The van der Waals surface area contributed by atoms with Gasteiger partial charge in [-0.05, 0) is 44.4 Å². The molecule has 5 N–H and O–H groups in total. The molecule has 0 saturated carbocycles.